The monoisotopic (exact) mass is 456 g/mol. The first kappa shape index (κ1) is 27.9. The van der Waals surface area contributed by atoms with Crippen molar-refractivity contribution in [2.45, 2.75) is 108 Å². The second kappa shape index (κ2) is 9.02. The zero-order chi connectivity index (χ0) is 25.4. The van der Waals surface area contributed by atoms with Crippen LogP contribution in [0.2, 0.25) is 0 Å². The van der Waals surface area contributed by atoms with Crippen LogP contribution in [0.1, 0.15) is 83.1 Å². The van der Waals surface area contributed by atoms with Gasteiger partial charge in [0.1, 0.15) is 24.4 Å². The van der Waals surface area contributed by atoms with Gasteiger partial charge in [-0.05, 0) is 0 Å². The van der Waals surface area contributed by atoms with Gasteiger partial charge in [0.15, 0.2) is 0 Å². The van der Waals surface area contributed by atoms with Crippen molar-refractivity contribution in [2.24, 2.45) is 21.7 Å². The van der Waals surface area contributed by atoms with Crippen molar-refractivity contribution in [3.63, 3.8) is 0 Å². The number of rotatable bonds is 4. The molecule has 0 aromatic heterocycles. The summed E-state index contributed by atoms with van der Waals surface area (Å²) in [5, 5.41) is 0. The highest BCUT2D eigenvalue weighted by atomic mass is 16.6. The van der Waals surface area contributed by atoms with E-state index in [-0.39, 0.29) is 70.0 Å². The molecule has 8 nitrogen and oxygen atoms in total. The number of carbonyl (C=O) groups is 4. The van der Waals surface area contributed by atoms with Gasteiger partial charge in [0.2, 0.25) is 0 Å². The van der Waals surface area contributed by atoms with E-state index in [1.165, 1.54) is 27.7 Å². The quantitative estimate of drug-likeness (QED) is 0.464. The predicted molar refractivity (Wildman–Crippen MR) is 117 cm³/mol. The maximum absolute atomic E-state index is 11.0. The topological polar surface area (TPSA) is 105 Å². The van der Waals surface area contributed by atoms with Crippen molar-refractivity contribution in [2.75, 3.05) is 0 Å². The third-order valence-electron chi connectivity index (χ3n) is 6.54. The third kappa shape index (κ3) is 5.26. The van der Waals surface area contributed by atoms with Crippen molar-refractivity contribution < 1.29 is 38.1 Å². The lowest BCUT2D eigenvalue weighted by Crippen LogP contribution is -2.69. The second-order valence-corrected chi connectivity index (χ2v) is 11.2. The molecular formula is C24H40O8. The molecule has 8 heteroatoms. The Labute approximate surface area is 191 Å². The number of ether oxygens (including phenoxy) is 4. The minimum Gasteiger partial charge on any atom is -0.461 e. The summed E-state index contributed by atoms with van der Waals surface area (Å²) in [4.78, 5) is 44.1. The summed E-state index contributed by atoms with van der Waals surface area (Å²) in [6.07, 6.45) is -0.882. The summed E-state index contributed by atoms with van der Waals surface area (Å²) in [6.45, 7) is 21.1. The van der Waals surface area contributed by atoms with Gasteiger partial charge in [-0.15, -0.1) is 0 Å². The largest absolute Gasteiger partial charge is 0.461 e. The van der Waals surface area contributed by atoms with E-state index in [9.17, 15) is 19.2 Å². The molecule has 0 N–H and O–H groups in total. The van der Waals surface area contributed by atoms with Crippen LogP contribution in [-0.2, 0) is 38.1 Å². The molecule has 0 unspecified atom stereocenters. The van der Waals surface area contributed by atoms with E-state index in [0.717, 1.165) is 0 Å². The second-order valence-electron chi connectivity index (χ2n) is 11.2. The Balaban J connectivity index is 0.000000320. The highest BCUT2D eigenvalue weighted by Crippen LogP contribution is 2.58. The normalized spacial score (nSPS) is 30.1. The van der Waals surface area contributed by atoms with Crippen LogP contribution in [0.4, 0.5) is 0 Å². The van der Waals surface area contributed by atoms with E-state index >= 15 is 0 Å². The fraction of sp³-hybridized carbons (Fsp3) is 0.833. The van der Waals surface area contributed by atoms with Crippen LogP contribution < -0.4 is 0 Å². The molecule has 0 spiro atoms. The first-order valence-electron chi connectivity index (χ1n) is 10.9. The van der Waals surface area contributed by atoms with Gasteiger partial charge in [0.25, 0.3) is 0 Å². The van der Waals surface area contributed by atoms with Gasteiger partial charge in [0, 0.05) is 49.4 Å². The summed E-state index contributed by atoms with van der Waals surface area (Å²) in [5.74, 6) is -1.19. The van der Waals surface area contributed by atoms with Crippen LogP contribution in [0.15, 0.2) is 0 Å². The van der Waals surface area contributed by atoms with E-state index in [1.54, 1.807) is 0 Å². The average Bonchev–Trinajstić information content (AvgIpc) is 2.59. The minimum atomic E-state index is -0.332. The minimum absolute atomic E-state index is 0.221. The maximum atomic E-state index is 11.0. The highest BCUT2D eigenvalue weighted by Gasteiger charge is 2.67. The van der Waals surface area contributed by atoms with Crippen molar-refractivity contribution in [1.82, 2.24) is 0 Å². The molecule has 32 heavy (non-hydrogen) atoms. The SMILES string of the molecule is CC(=O)OC1C(C)(C)C(OC(C)=O)C1(C)C.CC(=O)OC1C(C)(C)C(OC(C)=O)C1(C)C. The van der Waals surface area contributed by atoms with Crippen LogP contribution in [0.3, 0.4) is 0 Å². The summed E-state index contributed by atoms with van der Waals surface area (Å²) in [5.41, 5.74) is -1.33. The number of hydrogen-bond donors (Lipinski definition) is 0. The van der Waals surface area contributed by atoms with Gasteiger partial charge in [0.05, 0.1) is 0 Å². The molecule has 2 aliphatic carbocycles. The Morgan fingerprint density at radius 2 is 0.531 bits per heavy atom. The standard InChI is InChI=1S/2C12H20O4/c2*1-7(13)15-9-11(3,4)10(12(9,5)6)16-8(2)14/h2*9-10H,1-6H3. The first-order valence-corrected chi connectivity index (χ1v) is 10.9. The molecule has 0 heterocycles. The molecule has 0 radical (unpaired) electrons. The molecule has 0 saturated heterocycles. The van der Waals surface area contributed by atoms with Gasteiger partial charge < -0.3 is 18.9 Å². The Bertz CT molecular complexity index is 610. The van der Waals surface area contributed by atoms with Gasteiger partial charge in [-0.1, -0.05) is 55.4 Å². The number of hydrogen-bond acceptors (Lipinski definition) is 8. The van der Waals surface area contributed by atoms with Gasteiger partial charge >= 0.3 is 23.9 Å². The lowest BCUT2D eigenvalue weighted by atomic mass is 9.51. The Morgan fingerprint density at radius 3 is 0.625 bits per heavy atom. The molecule has 0 aliphatic heterocycles. The van der Waals surface area contributed by atoms with Crippen LogP contribution >= 0.6 is 0 Å². The molecule has 0 aromatic rings. The lowest BCUT2D eigenvalue weighted by Gasteiger charge is -2.61. The van der Waals surface area contributed by atoms with Crippen molar-refractivity contribution >= 4 is 23.9 Å². The smallest absolute Gasteiger partial charge is 0.302 e. The molecule has 2 aliphatic rings. The van der Waals surface area contributed by atoms with E-state index < -0.39 is 0 Å². The van der Waals surface area contributed by atoms with E-state index in [1.807, 2.05) is 55.4 Å². The summed E-state index contributed by atoms with van der Waals surface area (Å²) >= 11 is 0. The third-order valence-corrected chi connectivity index (χ3v) is 6.54. The maximum Gasteiger partial charge on any atom is 0.302 e. The fourth-order valence-corrected chi connectivity index (χ4v) is 6.07. The fourth-order valence-electron chi connectivity index (χ4n) is 6.07. The molecule has 0 amide bonds. The zero-order valence-corrected chi connectivity index (χ0v) is 21.6. The molecular weight excluding hydrogens is 416 g/mol. The van der Waals surface area contributed by atoms with Crippen LogP contribution in [-0.4, -0.2) is 48.3 Å². The highest BCUT2D eigenvalue weighted by molar-refractivity contribution is 5.68. The molecule has 2 fully saturated rings. The van der Waals surface area contributed by atoms with Crippen molar-refractivity contribution in [3.05, 3.63) is 0 Å². The molecule has 2 saturated carbocycles. The Morgan fingerprint density at radius 1 is 0.406 bits per heavy atom. The van der Waals surface area contributed by atoms with E-state index in [2.05, 4.69) is 0 Å². The van der Waals surface area contributed by atoms with Crippen molar-refractivity contribution in [3.8, 4) is 0 Å². The molecule has 0 bridgehead atoms. The van der Waals surface area contributed by atoms with Crippen LogP contribution in [0.5, 0.6) is 0 Å². The summed E-state index contributed by atoms with van der Waals surface area (Å²) in [6, 6.07) is 0. The Hall–Kier alpha value is -2.12. The molecule has 0 atom stereocenters. The van der Waals surface area contributed by atoms with Gasteiger partial charge in [-0.2, -0.15) is 0 Å². The Kier molecular flexibility index (Phi) is 7.87. The first-order chi connectivity index (χ1) is 14.2. The van der Waals surface area contributed by atoms with Gasteiger partial charge in [-0.25, -0.2) is 0 Å². The van der Waals surface area contributed by atoms with Crippen molar-refractivity contribution in [1.29, 1.82) is 0 Å². The van der Waals surface area contributed by atoms with E-state index in [0.29, 0.717) is 0 Å². The molecule has 0 aromatic carbocycles. The zero-order valence-electron chi connectivity index (χ0n) is 21.6. The van der Waals surface area contributed by atoms with E-state index in [4.69, 9.17) is 18.9 Å². The lowest BCUT2D eigenvalue weighted by molar-refractivity contribution is -0.266. The van der Waals surface area contributed by atoms with Crippen LogP contribution in [0, 0.1) is 21.7 Å². The average molecular weight is 457 g/mol. The summed E-state index contributed by atoms with van der Waals surface area (Å²) < 4.78 is 21.2. The predicted octanol–water partition coefficient (Wildman–Crippen LogP) is 3.83. The van der Waals surface area contributed by atoms with Crippen LogP contribution in [0.25, 0.3) is 0 Å². The molecule has 2 rings (SSSR count). The number of carbonyl (C=O) groups excluding carboxylic acids is 4. The summed E-state index contributed by atoms with van der Waals surface area (Å²) in [7, 11) is 0. The van der Waals surface area contributed by atoms with Gasteiger partial charge in [-0.3, -0.25) is 19.2 Å². The number of esters is 4. The molecule has 184 valence electrons.